The topological polar surface area (TPSA) is 76.2 Å². The lowest BCUT2D eigenvalue weighted by Gasteiger charge is -2.50. The second-order valence-electron chi connectivity index (χ2n) is 11.4. The molecule has 3 fully saturated rings. The Hall–Kier alpha value is -4.65. The van der Waals surface area contributed by atoms with E-state index >= 15 is 0 Å². The van der Waals surface area contributed by atoms with Crippen molar-refractivity contribution >= 4 is 45.0 Å². The van der Waals surface area contributed by atoms with Gasteiger partial charge in [-0.1, -0.05) is 60.7 Å². The Morgan fingerprint density at radius 1 is 0.625 bits per heavy atom. The van der Waals surface area contributed by atoms with Crippen LogP contribution in [-0.2, 0) is 14.4 Å². The van der Waals surface area contributed by atoms with Gasteiger partial charge in [0.1, 0.15) is 6.04 Å². The van der Waals surface area contributed by atoms with Crippen molar-refractivity contribution < 1.29 is 23.9 Å². The van der Waals surface area contributed by atoms with Gasteiger partial charge in [0.25, 0.3) is 5.91 Å². The van der Waals surface area contributed by atoms with Crippen molar-refractivity contribution in [1.82, 2.24) is 4.90 Å². The Kier molecular flexibility index (Phi) is 4.28. The van der Waals surface area contributed by atoms with E-state index in [2.05, 4.69) is 42.5 Å². The van der Waals surface area contributed by atoms with Gasteiger partial charge in [0.2, 0.25) is 18.6 Å². The van der Waals surface area contributed by atoms with E-state index in [9.17, 15) is 14.4 Å². The van der Waals surface area contributed by atoms with Crippen LogP contribution in [0.4, 0.5) is 5.69 Å². The highest BCUT2D eigenvalue weighted by molar-refractivity contribution is 6.17. The highest BCUT2D eigenvalue weighted by Gasteiger charge is 2.65. The molecule has 0 aromatic heterocycles. The van der Waals surface area contributed by atoms with Gasteiger partial charge in [-0.2, -0.15) is 0 Å². The summed E-state index contributed by atoms with van der Waals surface area (Å²) in [5.74, 6) is -0.0404. The number of anilines is 1. The number of carbonyl (C=O) groups excluding carboxylic acids is 3. The van der Waals surface area contributed by atoms with E-state index in [1.54, 1.807) is 11.0 Å². The molecule has 7 nitrogen and oxygen atoms in total. The minimum atomic E-state index is -0.912. The molecule has 3 amide bonds. The fourth-order valence-electron chi connectivity index (χ4n) is 7.90. The molecule has 5 aliphatic rings. The first-order valence-corrected chi connectivity index (χ1v) is 13.8. The van der Waals surface area contributed by atoms with E-state index in [4.69, 9.17) is 9.47 Å². The molecule has 9 rings (SSSR count). The molecule has 4 aromatic carbocycles. The molecule has 6 atom stereocenters. The molecule has 4 aromatic rings. The normalized spacial score (nSPS) is 29.6. The van der Waals surface area contributed by atoms with Gasteiger partial charge >= 0.3 is 0 Å². The summed E-state index contributed by atoms with van der Waals surface area (Å²) in [7, 11) is 0. The maximum Gasteiger partial charge on any atom is 0.253 e. The third-order valence-corrected chi connectivity index (χ3v) is 9.59. The third-order valence-electron chi connectivity index (χ3n) is 9.59. The van der Waals surface area contributed by atoms with Crippen LogP contribution in [0.15, 0.2) is 84.9 Å². The first-order valence-electron chi connectivity index (χ1n) is 13.8. The first kappa shape index (κ1) is 22.2. The van der Waals surface area contributed by atoms with Crippen molar-refractivity contribution in [3.8, 4) is 11.5 Å². The molecule has 3 aliphatic heterocycles. The number of benzene rings is 4. The van der Waals surface area contributed by atoms with E-state index in [1.807, 2.05) is 36.4 Å². The molecular formula is C33H24N2O5. The molecule has 3 heterocycles. The van der Waals surface area contributed by atoms with Crippen molar-refractivity contribution in [3.05, 3.63) is 90.5 Å². The summed E-state index contributed by atoms with van der Waals surface area (Å²) in [5, 5.41) is 4.07. The van der Waals surface area contributed by atoms with E-state index in [-0.39, 0.29) is 48.2 Å². The maximum absolute atomic E-state index is 14.2. The van der Waals surface area contributed by atoms with Crippen LogP contribution < -0.4 is 14.4 Å². The van der Waals surface area contributed by atoms with Crippen LogP contribution >= 0.6 is 0 Å². The fourth-order valence-corrected chi connectivity index (χ4v) is 7.90. The largest absolute Gasteiger partial charge is 0.454 e. The predicted molar refractivity (Wildman–Crippen MR) is 148 cm³/mol. The number of hydrogen-bond acceptors (Lipinski definition) is 5. The Bertz CT molecular complexity index is 1760. The number of fused-ring (bicyclic) bond motifs is 8. The summed E-state index contributed by atoms with van der Waals surface area (Å²) >= 11 is 0. The molecule has 2 saturated heterocycles. The number of β-lactam (4-membered cyclic amide) rings is 1. The van der Waals surface area contributed by atoms with Crippen LogP contribution in [-0.4, -0.2) is 35.5 Å². The van der Waals surface area contributed by atoms with Crippen LogP contribution in [0.3, 0.4) is 0 Å². The predicted octanol–water partition coefficient (Wildman–Crippen LogP) is 4.99. The summed E-state index contributed by atoms with van der Waals surface area (Å²) < 4.78 is 11.1. The molecule has 40 heavy (non-hydrogen) atoms. The van der Waals surface area contributed by atoms with Gasteiger partial charge in [-0.3, -0.25) is 19.3 Å². The van der Waals surface area contributed by atoms with E-state index < -0.39 is 12.1 Å². The molecular weight excluding hydrogens is 504 g/mol. The van der Waals surface area contributed by atoms with Gasteiger partial charge in [-0.25, -0.2) is 0 Å². The molecule has 0 radical (unpaired) electrons. The lowest BCUT2D eigenvalue weighted by Crippen LogP contribution is -2.67. The SMILES string of the molecule is O=C1C2C3C=CC(C3)C2C(=O)N1C1C(=O)N(c2ccc3c(c2)OCO3)C1c1c2ccccc2cc2ccccc12. The molecule has 196 valence electrons. The van der Waals surface area contributed by atoms with Crippen LogP contribution in [0.2, 0.25) is 0 Å². The summed E-state index contributed by atoms with van der Waals surface area (Å²) in [6, 6.07) is 22.3. The average molecular weight is 529 g/mol. The zero-order chi connectivity index (χ0) is 26.7. The van der Waals surface area contributed by atoms with Gasteiger partial charge < -0.3 is 14.4 Å². The molecule has 1 saturated carbocycles. The van der Waals surface area contributed by atoms with Crippen molar-refractivity contribution in [2.24, 2.45) is 23.7 Å². The number of allylic oxidation sites excluding steroid dienone is 2. The lowest BCUT2D eigenvalue weighted by molar-refractivity contribution is -0.152. The Morgan fingerprint density at radius 3 is 1.93 bits per heavy atom. The number of amides is 3. The monoisotopic (exact) mass is 528 g/mol. The van der Waals surface area contributed by atoms with Gasteiger partial charge in [-0.05, 0) is 63.6 Å². The molecule has 2 aliphatic carbocycles. The van der Waals surface area contributed by atoms with Crippen molar-refractivity contribution in [1.29, 1.82) is 0 Å². The molecule has 0 N–H and O–H groups in total. The molecule has 0 spiro atoms. The zero-order valence-corrected chi connectivity index (χ0v) is 21.4. The van der Waals surface area contributed by atoms with E-state index in [0.717, 1.165) is 33.5 Å². The molecule has 7 heteroatoms. The van der Waals surface area contributed by atoms with Crippen molar-refractivity contribution in [2.45, 2.75) is 18.5 Å². The van der Waals surface area contributed by atoms with Gasteiger partial charge in [0.15, 0.2) is 11.5 Å². The van der Waals surface area contributed by atoms with Crippen LogP contribution in [0, 0.1) is 23.7 Å². The number of carbonyl (C=O) groups is 3. The summed E-state index contributed by atoms with van der Waals surface area (Å²) in [5.41, 5.74) is 1.59. The van der Waals surface area contributed by atoms with Crippen LogP contribution in [0.25, 0.3) is 21.5 Å². The van der Waals surface area contributed by atoms with E-state index in [0.29, 0.717) is 17.2 Å². The quantitative estimate of drug-likeness (QED) is 0.162. The fraction of sp³-hybridized carbons (Fsp3) is 0.242. The van der Waals surface area contributed by atoms with Gasteiger partial charge in [0, 0.05) is 11.8 Å². The number of nitrogens with zero attached hydrogens (tertiary/aromatic N) is 2. The van der Waals surface area contributed by atoms with Crippen molar-refractivity contribution in [2.75, 3.05) is 11.7 Å². The third kappa shape index (κ3) is 2.72. The Labute approximate surface area is 229 Å². The lowest BCUT2D eigenvalue weighted by atomic mass is 9.81. The van der Waals surface area contributed by atoms with E-state index in [1.165, 1.54) is 4.90 Å². The standard InChI is InChI=1S/C33H24N2O5/c36-31-26-19-9-10-20(14-19)27(26)32(37)35(31)30-29(34(33(30)38)21-11-12-24-25(15-21)40-16-39-24)28-22-7-3-1-5-17(22)13-18-6-2-4-8-23(18)28/h1-13,15,19-20,26-27,29-30H,14,16H2. The number of likely N-dealkylation sites (tertiary alicyclic amines) is 1. The number of hydrogen-bond donors (Lipinski definition) is 0. The number of rotatable bonds is 3. The Balaban J connectivity index is 1.25. The van der Waals surface area contributed by atoms with Gasteiger partial charge in [-0.15, -0.1) is 0 Å². The number of ether oxygens (including phenoxy) is 2. The highest BCUT2D eigenvalue weighted by atomic mass is 16.7. The second kappa shape index (κ2) is 7.72. The minimum absolute atomic E-state index is 0.0772. The average Bonchev–Trinajstić information content (AvgIpc) is 3.76. The molecule has 2 bridgehead atoms. The van der Waals surface area contributed by atoms with Crippen molar-refractivity contribution in [3.63, 3.8) is 0 Å². The summed E-state index contributed by atoms with van der Waals surface area (Å²) in [6.07, 6.45) is 5.01. The minimum Gasteiger partial charge on any atom is -0.454 e. The van der Waals surface area contributed by atoms with Crippen LogP contribution in [0.1, 0.15) is 18.0 Å². The first-order chi connectivity index (χ1) is 19.6. The highest BCUT2D eigenvalue weighted by Crippen LogP contribution is 2.56. The zero-order valence-electron chi connectivity index (χ0n) is 21.4. The number of imide groups is 1. The summed E-state index contributed by atoms with van der Waals surface area (Å²) in [4.78, 5) is 45.1. The summed E-state index contributed by atoms with van der Waals surface area (Å²) in [6.45, 7) is 0.128. The Morgan fingerprint density at radius 2 is 1.25 bits per heavy atom. The van der Waals surface area contributed by atoms with Crippen LogP contribution in [0.5, 0.6) is 11.5 Å². The smallest absolute Gasteiger partial charge is 0.253 e. The van der Waals surface area contributed by atoms with Gasteiger partial charge in [0.05, 0.1) is 17.9 Å². The molecule has 6 unspecified atom stereocenters. The second-order valence-corrected chi connectivity index (χ2v) is 11.4. The maximum atomic E-state index is 14.2.